The third-order valence-electron chi connectivity index (χ3n) is 17.2. The van der Waals surface area contributed by atoms with Crippen LogP contribution in [0.1, 0.15) is 349 Å². The Hall–Kier alpha value is -4.28. The van der Waals surface area contributed by atoms with Crippen LogP contribution in [0.5, 0.6) is 0 Å². The van der Waals surface area contributed by atoms with Crippen molar-refractivity contribution in [3.8, 4) is 0 Å². The number of unbranched alkanes of at least 4 members (excludes halogenated alkanes) is 33. The van der Waals surface area contributed by atoms with Gasteiger partial charge in [-0.2, -0.15) is 0 Å². The third-order valence-corrected chi connectivity index (χ3v) is 19.1. The number of phosphoric ester groups is 2. The van der Waals surface area contributed by atoms with Gasteiger partial charge in [0, 0.05) is 25.7 Å². The van der Waals surface area contributed by atoms with Gasteiger partial charge in [0.05, 0.1) is 26.4 Å². The molecule has 5 unspecified atom stereocenters. The number of ether oxygens (including phenoxy) is 4. The number of carbonyl (C=O) groups excluding carboxylic acids is 4. The van der Waals surface area contributed by atoms with Crippen LogP contribution in [0.4, 0.5) is 0 Å². The summed E-state index contributed by atoms with van der Waals surface area (Å²) in [5.74, 6) is -2.20. The number of esters is 4. The van der Waals surface area contributed by atoms with E-state index in [4.69, 9.17) is 37.0 Å². The van der Waals surface area contributed by atoms with E-state index < -0.39 is 97.5 Å². The van der Waals surface area contributed by atoms with Crippen molar-refractivity contribution >= 4 is 39.5 Å². The number of carbonyl (C=O) groups is 4. The van der Waals surface area contributed by atoms with Crippen LogP contribution in [0.25, 0.3) is 0 Å². The Morgan fingerprint density at radius 2 is 0.500 bits per heavy atom. The van der Waals surface area contributed by atoms with Crippen LogP contribution in [0.15, 0.2) is 109 Å². The maximum atomic E-state index is 13.1. The number of phosphoric acid groups is 2. The molecule has 0 aliphatic rings. The lowest BCUT2D eigenvalue weighted by molar-refractivity contribution is -0.161. The minimum Gasteiger partial charge on any atom is -0.462 e. The molecule has 5 atom stereocenters. The molecule has 0 aliphatic heterocycles. The van der Waals surface area contributed by atoms with Crippen LogP contribution in [0.3, 0.4) is 0 Å². The van der Waals surface area contributed by atoms with Crippen molar-refractivity contribution in [3.05, 3.63) is 109 Å². The number of allylic oxidation sites excluding steroid dienone is 18. The number of rotatable bonds is 77. The molecule has 0 aromatic carbocycles. The molecule has 0 saturated heterocycles. The maximum Gasteiger partial charge on any atom is 0.472 e. The monoisotopic (exact) mass is 1500 g/mol. The summed E-state index contributed by atoms with van der Waals surface area (Å²) in [7, 11) is -9.96. The number of aliphatic hydroxyl groups is 1. The molecule has 3 N–H and O–H groups in total. The van der Waals surface area contributed by atoms with Gasteiger partial charge in [0.2, 0.25) is 0 Å². The van der Waals surface area contributed by atoms with E-state index in [0.717, 1.165) is 193 Å². The topological polar surface area (TPSA) is 237 Å². The second kappa shape index (κ2) is 76.9. The minimum atomic E-state index is -4.99. The van der Waals surface area contributed by atoms with Gasteiger partial charge in [-0.15, -0.1) is 0 Å². The van der Waals surface area contributed by atoms with Crippen molar-refractivity contribution in [1.29, 1.82) is 0 Å². The lowest BCUT2D eigenvalue weighted by Crippen LogP contribution is -2.30. The SMILES string of the molecule is CC/C=C\C/C=C\C/C=C\C/C=C\CCCCCCCCC(=O)OCC(COP(=O)(O)OCC(O)COP(=O)(O)OCC(COC(=O)CCCCCCC/C=C\C/C=C\CCCCC)OC(=O)CCCCCCCCCCCCC)OC(=O)CCCCCCCC/C=C\C/C=C\C/C=C\CCCCC. The fraction of sp³-hybridized carbons (Fsp3) is 0.741. The van der Waals surface area contributed by atoms with Crippen molar-refractivity contribution in [2.45, 2.75) is 367 Å². The largest absolute Gasteiger partial charge is 0.472 e. The summed E-state index contributed by atoms with van der Waals surface area (Å²) in [6, 6.07) is 0. The van der Waals surface area contributed by atoms with Crippen LogP contribution in [0, 0.1) is 0 Å². The van der Waals surface area contributed by atoms with E-state index in [9.17, 15) is 43.2 Å². The summed E-state index contributed by atoms with van der Waals surface area (Å²) in [6.45, 7) is 4.70. The van der Waals surface area contributed by atoms with Crippen LogP contribution in [0.2, 0.25) is 0 Å². The summed E-state index contributed by atoms with van der Waals surface area (Å²) in [4.78, 5) is 73.1. The normalized spacial score (nSPS) is 14.4. The lowest BCUT2D eigenvalue weighted by Gasteiger charge is -2.21. The average molecular weight is 1500 g/mol. The molecule has 0 bridgehead atoms. The first-order valence-corrected chi connectivity index (χ1v) is 44.1. The Labute approximate surface area is 632 Å². The first-order valence-electron chi connectivity index (χ1n) is 41.1. The first-order chi connectivity index (χ1) is 50.7. The van der Waals surface area contributed by atoms with Crippen LogP contribution in [-0.4, -0.2) is 96.7 Å². The zero-order valence-electron chi connectivity index (χ0n) is 65.7. The summed E-state index contributed by atoms with van der Waals surface area (Å²) in [6.07, 6.45) is 83.4. The third kappa shape index (κ3) is 75.9. The van der Waals surface area contributed by atoms with Crippen molar-refractivity contribution in [2.75, 3.05) is 39.6 Å². The van der Waals surface area contributed by atoms with E-state index in [-0.39, 0.29) is 25.7 Å². The lowest BCUT2D eigenvalue weighted by atomic mass is 10.1. The number of hydrogen-bond donors (Lipinski definition) is 3. The molecule has 0 saturated carbocycles. The van der Waals surface area contributed by atoms with E-state index >= 15 is 0 Å². The molecular formula is C85H148O17P2. The molecule has 600 valence electrons. The molecule has 0 aliphatic carbocycles. The predicted octanol–water partition coefficient (Wildman–Crippen LogP) is 24.1. The van der Waals surface area contributed by atoms with Gasteiger partial charge >= 0.3 is 39.5 Å². The molecule has 0 amide bonds. The van der Waals surface area contributed by atoms with Gasteiger partial charge in [-0.1, -0.05) is 298 Å². The highest BCUT2D eigenvalue weighted by Gasteiger charge is 2.30. The second-order valence-corrected chi connectivity index (χ2v) is 30.2. The fourth-order valence-electron chi connectivity index (χ4n) is 11.0. The Balaban J connectivity index is 5.36. The van der Waals surface area contributed by atoms with E-state index in [1.54, 1.807) is 0 Å². The predicted molar refractivity (Wildman–Crippen MR) is 427 cm³/mol. The number of aliphatic hydroxyl groups excluding tert-OH is 1. The Morgan fingerprint density at radius 3 is 0.788 bits per heavy atom. The van der Waals surface area contributed by atoms with Gasteiger partial charge < -0.3 is 33.8 Å². The molecule has 19 heteroatoms. The van der Waals surface area contributed by atoms with Gasteiger partial charge in [-0.05, 0) is 135 Å². The summed E-state index contributed by atoms with van der Waals surface area (Å²) < 4.78 is 68.6. The van der Waals surface area contributed by atoms with Crippen LogP contribution >= 0.6 is 15.6 Å². The molecule has 0 heterocycles. The molecule has 0 fully saturated rings. The van der Waals surface area contributed by atoms with Crippen molar-refractivity contribution < 1.29 is 80.2 Å². The van der Waals surface area contributed by atoms with E-state index in [2.05, 4.69) is 137 Å². The Kier molecular flexibility index (Phi) is 73.7. The molecule has 0 radical (unpaired) electrons. The molecule has 0 aromatic heterocycles. The van der Waals surface area contributed by atoms with Gasteiger partial charge in [-0.3, -0.25) is 37.3 Å². The van der Waals surface area contributed by atoms with Crippen molar-refractivity contribution in [3.63, 3.8) is 0 Å². The van der Waals surface area contributed by atoms with Crippen LogP contribution in [-0.2, 0) is 65.4 Å². The smallest absolute Gasteiger partial charge is 0.462 e. The van der Waals surface area contributed by atoms with Gasteiger partial charge in [-0.25, -0.2) is 9.13 Å². The first kappa shape index (κ1) is 99.7. The molecular weight excluding hydrogens is 1350 g/mol. The zero-order chi connectivity index (χ0) is 76.0. The fourth-order valence-corrected chi connectivity index (χ4v) is 12.5. The summed E-state index contributed by atoms with van der Waals surface area (Å²) >= 11 is 0. The van der Waals surface area contributed by atoms with Crippen LogP contribution < -0.4 is 0 Å². The number of hydrogen-bond acceptors (Lipinski definition) is 15. The molecule has 0 aromatic rings. The highest BCUT2D eigenvalue weighted by atomic mass is 31.2. The second-order valence-electron chi connectivity index (χ2n) is 27.3. The average Bonchev–Trinajstić information content (AvgIpc) is 0.928. The van der Waals surface area contributed by atoms with Crippen molar-refractivity contribution in [2.24, 2.45) is 0 Å². The molecule has 104 heavy (non-hydrogen) atoms. The standard InChI is InChI=1S/C85H148O17P2/c1-5-9-13-17-21-25-29-32-35-37-39-41-44-47-51-54-58-62-66-70-83(88)96-76-81(102-85(90)72-68-64-60-56-52-48-45-42-40-38-36-33-30-26-22-18-14-10-6-2)78-100-104(93,94)98-74-79(86)73-97-103(91,92)99-77-80(101-84(89)71-67-63-59-55-49-28-24-20-16-12-8-4)75-95-82(87)69-65-61-57-53-50-46-43-34-31-27-23-19-15-11-7-3/h9,13,21-23,25-27,32-36,39-43,79-81,86H,5-8,10-12,14-20,24,28-31,37-38,44-78H2,1-4H3,(H,91,92)(H,93,94)/b13-9-,25-21-,26-22-,27-23-,35-32-,36-33-,41-39-,42-40-,43-34-. The quantitative estimate of drug-likeness (QED) is 0.0169. The molecule has 0 rings (SSSR count). The molecule has 17 nitrogen and oxygen atoms in total. The van der Waals surface area contributed by atoms with E-state index in [1.807, 2.05) is 0 Å². The summed E-state index contributed by atoms with van der Waals surface area (Å²) in [5, 5.41) is 10.6. The molecule has 0 spiro atoms. The minimum absolute atomic E-state index is 0.0760. The van der Waals surface area contributed by atoms with E-state index in [1.165, 1.54) is 77.0 Å². The maximum absolute atomic E-state index is 13.1. The highest BCUT2D eigenvalue weighted by Crippen LogP contribution is 2.45. The zero-order valence-corrected chi connectivity index (χ0v) is 67.5. The highest BCUT2D eigenvalue weighted by molar-refractivity contribution is 7.47. The van der Waals surface area contributed by atoms with Crippen molar-refractivity contribution in [1.82, 2.24) is 0 Å². The summed E-state index contributed by atoms with van der Waals surface area (Å²) in [5.41, 5.74) is 0. The Bertz CT molecular complexity index is 2390. The van der Waals surface area contributed by atoms with Gasteiger partial charge in [0.15, 0.2) is 12.2 Å². The van der Waals surface area contributed by atoms with Gasteiger partial charge in [0.1, 0.15) is 19.3 Å². The van der Waals surface area contributed by atoms with E-state index in [0.29, 0.717) is 25.7 Å². The van der Waals surface area contributed by atoms with Gasteiger partial charge in [0.25, 0.3) is 0 Å². The Morgan fingerprint density at radius 1 is 0.279 bits per heavy atom.